The summed E-state index contributed by atoms with van der Waals surface area (Å²) < 4.78 is 1.21. The van der Waals surface area contributed by atoms with Crippen LogP contribution in [0.5, 0.6) is 0 Å². The molecule has 1 spiro atoms. The average Bonchev–Trinajstić information content (AvgIpc) is 3.27. The Morgan fingerprint density at radius 3 is 2.68 bits per heavy atom. The number of rotatable bonds is 5. The van der Waals surface area contributed by atoms with Crippen LogP contribution in [0.1, 0.15) is 37.8 Å². The van der Waals surface area contributed by atoms with E-state index in [1.54, 1.807) is 11.8 Å². The van der Waals surface area contributed by atoms with E-state index >= 15 is 0 Å². The van der Waals surface area contributed by atoms with Gasteiger partial charge in [0.2, 0.25) is 11.8 Å². The Morgan fingerprint density at radius 2 is 1.94 bits per heavy atom. The molecule has 2 aliphatic rings. The van der Waals surface area contributed by atoms with E-state index < -0.39 is 16.7 Å². The number of anilines is 1. The molecule has 3 heterocycles. The summed E-state index contributed by atoms with van der Waals surface area (Å²) in [7, 11) is 0. The largest absolute Gasteiger partial charge is 0.340 e. The van der Waals surface area contributed by atoms with E-state index in [1.807, 2.05) is 29.2 Å². The Labute approximate surface area is 180 Å². The minimum Gasteiger partial charge on any atom is -0.340 e. The first-order chi connectivity index (χ1) is 14.7. The molecule has 4 rings (SSSR count). The van der Waals surface area contributed by atoms with Crippen molar-refractivity contribution in [1.29, 1.82) is 0 Å². The second-order valence-electron chi connectivity index (χ2n) is 9.00. The molecule has 31 heavy (non-hydrogen) atoms. The van der Waals surface area contributed by atoms with Crippen molar-refractivity contribution in [2.75, 3.05) is 24.5 Å². The van der Waals surface area contributed by atoms with Gasteiger partial charge in [0, 0.05) is 37.1 Å². The minimum absolute atomic E-state index is 0.0571. The molecule has 1 unspecified atom stereocenters. The zero-order chi connectivity index (χ0) is 22.3. The van der Waals surface area contributed by atoms with Gasteiger partial charge < -0.3 is 9.80 Å². The zero-order valence-electron chi connectivity index (χ0n) is 18.2. The van der Waals surface area contributed by atoms with Crippen molar-refractivity contribution in [3.63, 3.8) is 0 Å². The third kappa shape index (κ3) is 3.60. The van der Waals surface area contributed by atoms with Gasteiger partial charge >= 0.3 is 5.69 Å². The lowest BCUT2D eigenvalue weighted by Gasteiger charge is -2.25. The van der Waals surface area contributed by atoms with Crippen LogP contribution in [0.15, 0.2) is 40.1 Å². The number of aromatic amines is 1. The van der Waals surface area contributed by atoms with Gasteiger partial charge in [-0.2, -0.15) is 0 Å². The number of likely N-dealkylation sites (tertiary alicyclic amines) is 1. The smallest absolute Gasteiger partial charge is 0.328 e. The molecule has 2 amide bonds. The predicted molar refractivity (Wildman–Crippen MR) is 117 cm³/mol. The summed E-state index contributed by atoms with van der Waals surface area (Å²) >= 11 is 0. The van der Waals surface area contributed by atoms with Crippen LogP contribution in [0.3, 0.4) is 0 Å². The maximum Gasteiger partial charge on any atom is 0.328 e. The van der Waals surface area contributed by atoms with Crippen molar-refractivity contribution in [3.8, 4) is 0 Å². The van der Waals surface area contributed by atoms with E-state index in [9.17, 15) is 19.2 Å². The molecule has 2 aromatic rings. The summed E-state index contributed by atoms with van der Waals surface area (Å²) in [6.07, 6.45) is 2.87. The monoisotopic (exact) mass is 424 g/mol. The highest BCUT2D eigenvalue weighted by Crippen LogP contribution is 2.47. The molecule has 0 saturated carbocycles. The Hall–Kier alpha value is -3.16. The van der Waals surface area contributed by atoms with Gasteiger partial charge in [-0.1, -0.05) is 32.0 Å². The van der Waals surface area contributed by atoms with Crippen LogP contribution in [0.25, 0.3) is 0 Å². The maximum absolute atomic E-state index is 13.6. The van der Waals surface area contributed by atoms with Gasteiger partial charge in [-0.05, 0) is 37.3 Å². The van der Waals surface area contributed by atoms with Crippen molar-refractivity contribution in [1.82, 2.24) is 14.5 Å². The molecule has 0 radical (unpaired) electrons. The van der Waals surface area contributed by atoms with Gasteiger partial charge in [0.15, 0.2) is 0 Å². The summed E-state index contributed by atoms with van der Waals surface area (Å²) in [6, 6.07) is 7.85. The fourth-order valence-corrected chi connectivity index (χ4v) is 4.60. The quantitative estimate of drug-likeness (QED) is 0.785. The average molecular weight is 425 g/mol. The van der Waals surface area contributed by atoms with E-state index in [-0.39, 0.29) is 18.4 Å². The molecule has 1 aromatic heterocycles. The summed E-state index contributed by atoms with van der Waals surface area (Å²) in [5.41, 5.74) is 0.496. The van der Waals surface area contributed by atoms with Crippen LogP contribution in [0, 0.1) is 12.8 Å². The standard InChI is InChI=1S/C23H28N4O4/c1-15(2)8-10-27-18-7-5-4-6-17(18)23(21(27)30)9-11-25(14-23)19(28)13-26-12-16(3)20(29)24-22(26)31/h4-7,12,15H,8-11,13-14H2,1-3H3,(H,24,29,31). The lowest BCUT2D eigenvalue weighted by Crippen LogP contribution is -2.44. The van der Waals surface area contributed by atoms with Gasteiger partial charge in [0.1, 0.15) is 6.54 Å². The summed E-state index contributed by atoms with van der Waals surface area (Å²) in [4.78, 5) is 55.9. The Balaban J connectivity index is 1.57. The number of nitrogens with zero attached hydrogens (tertiary/aromatic N) is 3. The van der Waals surface area contributed by atoms with Crippen LogP contribution in [0.4, 0.5) is 5.69 Å². The SMILES string of the molecule is Cc1cn(CC(=O)N2CCC3(C2)C(=O)N(CCC(C)C)c2ccccc23)c(=O)[nH]c1=O. The Bertz CT molecular complexity index is 1150. The summed E-state index contributed by atoms with van der Waals surface area (Å²) in [6.45, 7) is 7.11. The summed E-state index contributed by atoms with van der Waals surface area (Å²) in [5.74, 6) is 0.301. The maximum atomic E-state index is 13.6. The topological polar surface area (TPSA) is 95.5 Å². The van der Waals surface area contributed by atoms with E-state index in [1.165, 1.54) is 10.8 Å². The Morgan fingerprint density at radius 1 is 1.19 bits per heavy atom. The number of fused-ring (bicyclic) bond motifs is 2. The van der Waals surface area contributed by atoms with Crippen LogP contribution in [-0.2, 0) is 21.5 Å². The number of carbonyl (C=O) groups is 2. The van der Waals surface area contributed by atoms with Crippen molar-refractivity contribution in [3.05, 3.63) is 62.4 Å². The highest BCUT2D eigenvalue weighted by Gasteiger charge is 2.54. The van der Waals surface area contributed by atoms with Crippen molar-refractivity contribution in [2.45, 2.75) is 45.6 Å². The molecule has 8 heteroatoms. The number of aryl methyl sites for hydroxylation is 1. The zero-order valence-corrected chi connectivity index (χ0v) is 18.2. The van der Waals surface area contributed by atoms with E-state index in [4.69, 9.17) is 0 Å². The van der Waals surface area contributed by atoms with E-state index in [2.05, 4.69) is 18.8 Å². The van der Waals surface area contributed by atoms with Crippen molar-refractivity contribution < 1.29 is 9.59 Å². The number of amides is 2. The lowest BCUT2D eigenvalue weighted by molar-refractivity contribution is -0.131. The van der Waals surface area contributed by atoms with Crippen LogP contribution in [-0.4, -0.2) is 45.9 Å². The van der Waals surface area contributed by atoms with Crippen molar-refractivity contribution >= 4 is 17.5 Å². The number of benzene rings is 1. The molecule has 0 bridgehead atoms. The van der Waals surface area contributed by atoms with Crippen LogP contribution < -0.4 is 16.1 Å². The molecular weight excluding hydrogens is 396 g/mol. The number of para-hydroxylation sites is 1. The highest BCUT2D eigenvalue weighted by atomic mass is 16.2. The number of hydrogen-bond donors (Lipinski definition) is 1. The number of carbonyl (C=O) groups excluding carboxylic acids is 2. The van der Waals surface area contributed by atoms with Gasteiger partial charge in [-0.3, -0.25) is 23.9 Å². The molecule has 2 aliphatic heterocycles. The normalized spacial score (nSPS) is 20.2. The van der Waals surface area contributed by atoms with Crippen LogP contribution >= 0.6 is 0 Å². The first-order valence-corrected chi connectivity index (χ1v) is 10.7. The molecule has 1 atom stereocenters. The van der Waals surface area contributed by atoms with Gasteiger partial charge in [-0.25, -0.2) is 4.79 Å². The van der Waals surface area contributed by atoms with Crippen molar-refractivity contribution in [2.24, 2.45) is 5.92 Å². The summed E-state index contributed by atoms with van der Waals surface area (Å²) in [5, 5.41) is 0. The molecule has 1 N–H and O–H groups in total. The predicted octanol–water partition coefficient (Wildman–Crippen LogP) is 1.41. The third-order valence-corrected chi connectivity index (χ3v) is 6.41. The number of nitrogens with one attached hydrogen (secondary N) is 1. The third-order valence-electron chi connectivity index (χ3n) is 6.41. The second kappa shape index (κ2) is 7.83. The van der Waals surface area contributed by atoms with E-state index in [0.717, 1.165) is 17.7 Å². The number of aromatic nitrogens is 2. The van der Waals surface area contributed by atoms with Gasteiger partial charge in [-0.15, -0.1) is 0 Å². The molecule has 0 aliphatic carbocycles. The molecule has 164 valence electrons. The molecule has 8 nitrogen and oxygen atoms in total. The molecule has 1 saturated heterocycles. The Kier molecular flexibility index (Phi) is 5.33. The first kappa shape index (κ1) is 21.1. The van der Waals surface area contributed by atoms with Gasteiger partial charge in [0.25, 0.3) is 5.56 Å². The second-order valence-corrected chi connectivity index (χ2v) is 9.00. The number of hydrogen-bond acceptors (Lipinski definition) is 4. The molecule has 1 aromatic carbocycles. The fraction of sp³-hybridized carbons (Fsp3) is 0.478. The first-order valence-electron chi connectivity index (χ1n) is 10.7. The minimum atomic E-state index is -0.727. The van der Waals surface area contributed by atoms with Crippen LogP contribution in [0.2, 0.25) is 0 Å². The van der Waals surface area contributed by atoms with Gasteiger partial charge in [0.05, 0.1) is 5.41 Å². The lowest BCUT2D eigenvalue weighted by atomic mass is 9.81. The molecule has 1 fully saturated rings. The van der Waals surface area contributed by atoms with E-state index in [0.29, 0.717) is 37.5 Å². The molecular formula is C23H28N4O4. The number of H-pyrrole nitrogens is 1. The highest BCUT2D eigenvalue weighted by molar-refractivity contribution is 6.09. The fourth-order valence-electron chi connectivity index (χ4n) is 4.60.